The molecule has 5 heteroatoms. The van der Waals surface area contributed by atoms with Gasteiger partial charge in [0.15, 0.2) is 0 Å². The van der Waals surface area contributed by atoms with Gasteiger partial charge in [-0.25, -0.2) is 0 Å². The Morgan fingerprint density at radius 3 is 2.83 bits per heavy atom. The number of nitrogens with two attached hydrogens (primary N) is 1. The number of aromatic amines is 1. The van der Waals surface area contributed by atoms with Gasteiger partial charge in [-0.15, -0.1) is 0 Å². The van der Waals surface area contributed by atoms with Gasteiger partial charge >= 0.3 is 0 Å². The monoisotopic (exact) mass is 238 g/mol. The van der Waals surface area contributed by atoms with Gasteiger partial charge in [0.1, 0.15) is 17.4 Å². The van der Waals surface area contributed by atoms with E-state index in [0.29, 0.717) is 16.8 Å². The average molecular weight is 238 g/mol. The Hall–Kier alpha value is -2.74. The smallest absolute Gasteiger partial charge is 0.280 e. The summed E-state index contributed by atoms with van der Waals surface area (Å²) in [6.07, 6.45) is 0. The molecule has 5 nitrogen and oxygen atoms in total. The SMILES string of the molecule is Cc1c(N)c(=O)n2c([nH]c3ccccc32)c1C#N. The summed E-state index contributed by atoms with van der Waals surface area (Å²) in [5.41, 5.74) is 8.55. The molecule has 2 heterocycles. The van der Waals surface area contributed by atoms with Crippen LogP contribution in [0.25, 0.3) is 16.7 Å². The highest BCUT2D eigenvalue weighted by Crippen LogP contribution is 2.21. The molecule has 0 spiro atoms. The number of nitrogens with zero attached hydrogens (tertiary/aromatic N) is 2. The van der Waals surface area contributed by atoms with Gasteiger partial charge in [0.05, 0.1) is 16.6 Å². The van der Waals surface area contributed by atoms with Gasteiger partial charge in [-0.2, -0.15) is 5.26 Å². The lowest BCUT2D eigenvalue weighted by atomic mass is 10.1. The van der Waals surface area contributed by atoms with Crippen molar-refractivity contribution in [1.29, 1.82) is 5.26 Å². The molecule has 3 rings (SSSR count). The number of rotatable bonds is 0. The van der Waals surface area contributed by atoms with E-state index >= 15 is 0 Å². The molecule has 0 aliphatic rings. The van der Waals surface area contributed by atoms with Crippen molar-refractivity contribution >= 4 is 22.4 Å². The van der Waals surface area contributed by atoms with Crippen LogP contribution in [0.3, 0.4) is 0 Å². The summed E-state index contributed by atoms with van der Waals surface area (Å²) >= 11 is 0. The van der Waals surface area contributed by atoms with Gasteiger partial charge in [0.2, 0.25) is 0 Å². The first-order chi connectivity index (χ1) is 8.65. The lowest BCUT2D eigenvalue weighted by Crippen LogP contribution is -2.19. The summed E-state index contributed by atoms with van der Waals surface area (Å²) in [5.74, 6) is 0. The number of para-hydroxylation sites is 2. The third-order valence-electron chi connectivity index (χ3n) is 3.18. The number of fused-ring (bicyclic) bond motifs is 3. The van der Waals surface area contributed by atoms with Gasteiger partial charge in [0, 0.05) is 0 Å². The second-order valence-corrected chi connectivity index (χ2v) is 4.16. The molecule has 18 heavy (non-hydrogen) atoms. The van der Waals surface area contributed by atoms with Crippen LogP contribution in [-0.4, -0.2) is 9.38 Å². The molecule has 0 atom stereocenters. The number of imidazole rings is 1. The molecular weight excluding hydrogens is 228 g/mol. The third-order valence-corrected chi connectivity index (χ3v) is 3.18. The fourth-order valence-corrected chi connectivity index (χ4v) is 2.19. The van der Waals surface area contributed by atoms with Crippen LogP contribution in [0.15, 0.2) is 29.1 Å². The standard InChI is InChI=1S/C13H10N4O/c1-7-8(6-14)12-16-9-4-2-3-5-10(9)17(12)13(18)11(7)15/h2-5,16H,15H2,1H3. The van der Waals surface area contributed by atoms with Crippen LogP contribution in [0, 0.1) is 18.3 Å². The fraction of sp³-hybridized carbons (Fsp3) is 0.0769. The lowest BCUT2D eigenvalue weighted by Gasteiger charge is -2.04. The molecule has 0 saturated carbocycles. The van der Waals surface area contributed by atoms with Crippen molar-refractivity contribution in [3.63, 3.8) is 0 Å². The molecule has 2 aromatic heterocycles. The van der Waals surface area contributed by atoms with E-state index in [4.69, 9.17) is 5.73 Å². The lowest BCUT2D eigenvalue weighted by molar-refractivity contribution is 1.13. The predicted octanol–water partition coefficient (Wildman–Crippen LogP) is 1.54. The quantitative estimate of drug-likeness (QED) is 0.622. The molecule has 0 amide bonds. The summed E-state index contributed by atoms with van der Waals surface area (Å²) in [6, 6.07) is 9.47. The first-order valence-corrected chi connectivity index (χ1v) is 5.46. The van der Waals surface area contributed by atoms with Gasteiger partial charge in [-0.05, 0) is 24.6 Å². The maximum absolute atomic E-state index is 12.2. The molecule has 0 bridgehead atoms. The van der Waals surface area contributed by atoms with E-state index in [1.54, 1.807) is 6.92 Å². The summed E-state index contributed by atoms with van der Waals surface area (Å²) < 4.78 is 1.45. The second-order valence-electron chi connectivity index (χ2n) is 4.16. The highest BCUT2D eigenvalue weighted by molar-refractivity contribution is 5.83. The molecule has 1 aromatic carbocycles. The van der Waals surface area contributed by atoms with Gasteiger partial charge in [0.25, 0.3) is 5.56 Å². The van der Waals surface area contributed by atoms with Gasteiger partial charge < -0.3 is 10.7 Å². The molecule has 0 aliphatic carbocycles. The summed E-state index contributed by atoms with van der Waals surface area (Å²) in [4.78, 5) is 15.3. The Morgan fingerprint density at radius 2 is 2.11 bits per heavy atom. The number of H-pyrrole nitrogens is 1. The number of hydrogen-bond acceptors (Lipinski definition) is 3. The minimum Gasteiger partial charge on any atom is -0.394 e. The number of pyridine rings is 1. The highest BCUT2D eigenvalue weighted by atomic mass is 16.1. The number of benzene rings is 1. The van der Waals surface area contributed by atoms with Crippen molar-refractivity contribution in [3.8, 4) is 6.07 Å². The van der Waals surface area contributed by atoms with E-state index in [2.05, 4.69) is 11.1 Å². The molecule has 0 fully saturated rings. The fourth-order valence-electron chi connectivity index (χ4n) is 2.19. The molecule has 0 radical (unpaired) electrons. The number of nitriles is 1. The van der Waals surface area contributed by atoms with Gasteiger partial charge in [-0.3, -0.25) is 9.20 Å². The van der Waals surface area contributed by atoms with Crippen molar-refractivity contribution in [2.45, 2.75) is 6.92 Å². The first-order valence-electron chi connectivity index (χ1n) is 5.46. The van der Waals surface area contributed by atoms with Crippen LogP contribution in [0.1, 0.15) is 11.1 Å². The maximum Gasteiger partial charge on any atom is 0.280 e. The van der Waals surface area contributed by atoms with E-state index in [9.17, 15) is 10.1 Å². The molecule has 0 aliphatic heterocycles. The Bertz CT molecular complexity index is 880. The van der Waals surface area contributed by atoms with Crippen LogP contribution in [-0.2, 0) is 0 Å². The largest absolute Gasteiger partial charge is 0.394 e. The van der Waals surface area contributed by atoms with E-state index in [1.165, 1.54) is 4.40 Å². The number of aromatic nitrogens is 2. The first kappa shape index (κ1) is 10.4. The van der Waals surface area contributed by atoms with Crippen LogP contribution in [0.4, 0.5) is 5.69 Å². The molecule has 0 saturated heterocycles. The Labute approximate surface area is 102 Å². The zero-order valence-electron chi connectivity index (χ0n) is 9.69. The normalized spacial score (nSPS) is 10.9. The summed E-state index contributed by atoms with van der Waals surface area (Å²) in [7, 11) is 0. The number of hydrogen-bond donors (Lipinski definition) is 2. The molecule has 3 aromatic rings. The third kappa shape index (κ3) is 1.12. The van der Waals surface area contributed by atoms with E-state index in [-0.39, 0.29) is 11.2 Å². The van der Waals surface area contributed by atoms with Crippen molar-refractivity contribution in [3.05, 3.63) is 45.7 Å². The van der Waals surface area contributed by atoms with Crippen LogP contribution >= 0.6 is 0 Å². The number of anilines is 1. The van der Waals surface area contributed by atoms with E-state index in [0.717, 1.165) is 11.0 Å². The van der Waals surface area contributed by atoms with Crippen LogP contribution in [0.5, 0.6) is 0 Å². The zero-order valence-corrected chi connectivity index (χ0v) is 9.69. The summed E-state index contributed by atoms with van der Waals surface area (Å²) in [6.45, 7) is 1.68. The summed E-state index contributed by atoms with van der Waals surface area (Å²) in [5, 5.41) is 9.22. The van der Waals surface area contributed by atoms with E-state index in [1.807, 2.05) is 24.3 Å². The zero-order chi connectivity index (χ0) is 12.9. The molecule has 88 valence electrons. The molecule has 3 N–H and O–H groups in total. The van der Waals surface area contributed by atoms with Crippen molar-refractivity contribution in [2.24, 2.45) is 0 Å². The topological polar surface area (TPSA) is 87.1 Å². The van der Waals surface area contributed by atoms with Gasteiger partial charge in [-0.1, -0.05) is 12.1 Å². The Morgan fingerprint density at radius 1 is 1.39 bits per heavy atom. The van der Waals surface area contributed by atoms with Crippen LogP contribution in [0.2, 0.25) is 0 Å². The van der Waals surface area contributed by atoms with Crippen molar-refractivity contribution < 1.29 is 0 Å². The molecular formula is C13H10N4O. The number of nitrogens with one attached hydrogen (secondary N) is 1. The maximum atomic E-state index is 12.2. The Balaban J connectivity index is 2.74. The average Bonchev–Trinajstić information content (AvgIpc) is 2.76. The Kier molecular flexibility index (Phi) is 1.95. The minimum atomic E-state index is -0.293. The molecule has 0 unspecified atom stereocenters. The van der Waals surface area contributed by atoms with Crippen molar-refractivity contribution in [1.82, 2.24) is 9.38 Å². The number of nitrogen functional groups attached to an aromatic ring is 1. The minimum absolute atomic E-state index is 0.119. The predicted molar refractivity (Wildman–Crippen MR) is 69.4 cm³/mol. The highest BCUT2D eigenvalue weighted by Gasteiger charge is 2.16. The van der Waals surface area contributed by atoms with Crippen LogP contribution < -0.4 is 11.3 Å². The van der Waals surface area contributed by atoms with E-state index < -0.39 is 0 Å². The van der Waals surface area contributed by atoms with Crippen molar-refractivity contribution in [2.75, 3.05) is 5.73 Å². The second kappa shape index (κ2) is 3.37.